The third kappa shape index (κ3) is 3.98. The summed E-state index contributed by atoms with van der Waals surface area (Å²) >= 11 is 0. The van der Waals surface area contributed by atoms with Crippen LogP contribution in [0.2, 0.25) is 0 Å². The minimum Gasteiger partial charge on any atom is -0.473 e. The SMILES string of the molecule is Cc1cn([C@@H]2O[C@H](CO)[C@@H](O)[C@H]2O)c(=O)nc1OCC=C1CCCCC1. The van der Waals surface area contributed by atoms with E-state index in [4.69, 9.17) is 14.6 Å². The van der Waals surface area contributed by atoms with Crippen molar-refractivity contribution in [3.63, 3.8) is 0 Å². The molecule has 1 aliphatic carbocycles. The molecule has 0 amide bonds. The quantitative estimate of drug-likeness (QED) is 0.648. The van der Waals surface area contributed by atoms with Crippen LogP contribution in [-0.4, -0.2) is 56.4 Å². The first kappa shape index (κ1) is 19.0. The summed E-state index contributed by atoms with van der Waals surface area (Å²) in [5, 5.41) is 29.1. The summed E-state index contributed by atoms with van der Waals surface area (Å²) in [4.78, 5) is 16.2. The molecule has 2 fully saturated rings. The van der Waals surface area contributed by atoms with Gasteiger partial charge in [0.2, 0.25) is 5.88 Å². The number of rotatable bonds is 5. The number of hydrogen-bond acceptors (Lipinski definition) is 7. The maximum Gasteiger partial charge on any atom is 0.353 e. The molecule has 0 aromatic carbocycles. The Kier molecular flexibility index (Phi) is 6.08. The normalized spacial score (nSPS) is 29.0. The van der Waals surface area contributed by atoms with Crippen LogP contribution < -0.4 is 10.4 Å². The van der Waals surface area contributed by atoms with Crippen molar-refractivity contribution < 1.29 is 24.8 Å². The van der Waals surface area contributed by atoms with Crippen LogP contribution in [-0.2, 0) is 4.74 Å². The highest BCUT2D eigenvalue weighted by molar-refractivity contribution is 5.21. The number of aryl methyl sites for hydroxylation is 1. The summed E-state index contributed by atoms with van der Waals surface area (Å²) in [5.41, 5.74) is 1.35. The predicted molar refractivity (Wildman–Crippen MR) is 92.9 cm³/mol. The van der Waals surface area contributed by atoms with Crippen LogP contribution in [0.1, 0.15) is 43.9 Å². The first-order valence-electron chi connectivity index (χ1n) is 9.04. The van der Waals surface area contributed by atoms with Gasteiger partial charge in [-0.15, -0.1) is 0 Å². The number of aliphatic hydroxyl groups is 3. The maximum atomic E-state index is 12.3. The van der Waals surface area contributed by atoms with Gasteiger partial charge in [0.1, 0.15) is 24.9 Å². The summed E-state index contributed by atoms with van der Waals surface area (Å²) in [6.07, 6.45) is 4.80. The van der Waals surface area contributed by atoms with Crippen molar-refractivity contribution in [3.05, 3.63) is 33.9 Å². The highest BCUT2D eigenvalue weighted by Crippen LogP contribution is 2.29. The molecule has 3 N–H and O–H groups in total. The second-order valence-corrected chi connectivity index (χ2v) is 6.88. The molecule has 4 atom stereocenters. The number of allylic oxidation sites excluding steroid dienone is 1. The van der Waals surface area contributed by atoms with Crippen molar-refractivity contribution in [1.82, 2.24) is 9.55 Å². The molecular weight excluding hydrogens is 340 g/mol. The predicted octanol–water partition coefficient (Wildman–Crippen LogP) is 0.433. The zero-order valence-electron chi connectivity index (χ0n) is 14.9. The number of ether oxygens (including phenoxy) is 2. The Labute approximate surface area is 151 Å². The van der Waals surface area contributed by atoms with Gasteiger partial charge in [0.05, 0.1) is 6.61 Å². The summed E-state index contributed by atoms with van der Waals surface area (Å²) in [5.74, 6) is 0.241. The zero-order valence-corrected chi connectivity index (χ0v) is 14.9. The summed E-state index contributed by atoms with van der Waals surface area (Å²) in [6.45, 7) is 1.65. The minimum atomic E-state index is -1.33. The average molecular weight is 366 g/mol. The monoisotopic (exact) mass is 366 g/mol. The van der Waals surface area contributed by atoms with Gasteiger partial charge in [-0.25, -0.2) is 4.79 Å². The molecule has 26 heavy (non-hydrogen) atoms. The first-order valence-corrected chi connectivity index (χ1v) is 9.04. The lowest BCUT2D eigenvalue weighted by atomic mass is 9.95. The number of aromatic nitrogens is 2. The molecule has 1 saturated carbocycles. The van der Waals surface area contributed by atoms with Gasteiger partial charge in [-0.1, -0.05) is 12.0 Å². The van der Waals surface area contributed by atoms with E-state index in [2.05, 4.69) is 11.1 Å². The van der Waals surface area contributed by atoms with Crippen LogP contribution in [0.5, 0.6) is 5.88 Å². The standard InChI is InChI=1S/C18H26N2O6/c1-11-9-20(17-15(23)14(22)13(10-21)26-17)18(24)19-16(11)25-8-7-12-5-3-2-4-6-12/h7,9,13-15,17,21-23H,2-6,8,10H2,1H3/t13-,14-,15-,17-/m1/s1. The smallest absolute Gasteiger partial charge is 0.353 e. The van der Waals surface area contributed by atoms with Gasteiger partial charge in [0.15, 0.2) is 6.23 Å². The molecule has 1 aliphatic heterocycles. The molecule has 144 valence electrons. The van der Waals surface area contributed by atoms with Gasteiger partial charge >= 0.3 is 5.69 Å². The molecule has 3 rings (SSSR count). The van der Waals surface area contributed by atoms with E-state index in [-0.39, 0.29) is 5.88 Å². The third-order valence-corrected chi connectivity index (χ3v) is 4.97. The lowest BCUT2D eigenvalue weighted by molar-refractivity contribution is -0.0551. The van der Waals surface area contributed by atoms with Gasteiger partial charge in [-0.3, -0.25) is 4.57 Å². The summed E-state index contributed by atoms with van der Waals surface area (Å²) in [7, 11) is 0. The average Bonchev–Trinajstić information content (AvgIpc) is 2.93. The highest BCUT2D eigenvalue weighted by atomic mass is 16.6. The maximum absolute atomic E-state index is 12.3. The van der Waals surface area contributed by atoms with E-state index in [0.29, 0.717) is 12.2 Å². The largest absolute Gasteiger partial charge is 0.473 e. The van der Waals surface area contributed by atoms with E-state index in [9.17, 15) is 15.0 Å². The Morgan fingerprint density at radius 3 is 2.69 bits per heavy atom. The molecule has 8 heteroatoms. The van der Waals surface area contributed by atoms with Gasteiger partial charge in [0.25, 0.3) is 0 Å². The molecule has 1 saturated heterocycles. The topological polar surface area (TPSA) is 114 Å². The van der Waals surface area contributed by atoms with Crippen molar-refractivity contribution in [2.75, 3.05) is 13.2 Å². The van der Waals surface area contributed by atoms with Crippen molar-refractivity contribution >= 4 is 0 Å². The lowest BCUT2D eigenvalue weighted by Crippen LogP contribution is -2.36. The second kappa shape index (κ2) is 8.30. The molecular formula is C18H26N2O6. The van der Waals surface area contributed by atoms with E-state index in [1.807, 2.05) is 0 Å². The Bertz CT molecular complexity index is 708. The van der Waals surface area contributed by atoms with Crippen LogP contribution in [0.4, 0.5) is 0 Å². The number of aliphatic hydroxyl groups excluding tert-OH is 3. The van der Waals surface area contributed by atoms with Crippen molar-refractivity contribution in [3.8, 4) is 5.88 Å². The number of nitrogens with zero attached hydrogens (tertiary/aromatic N) is 2. The molecule has 0 spiro atoms. The Morgan fingerprint density at radius 2 is 2.04 bits per heavy atom. The van der Waals surface area contributed by atoms with Gasteiger partial charge in [-0.05, 0) is 38.7 Å². The van der Waals surface area contributed by atoms with Crippen LogP contribution in [0, 0.1) is 6.92 Å². The second-order valence-electron chi connectivity index (χ2n) is 6.88. The third-order valence-electron chi connectivity index (χ3n) is 4.97. The molecule has 0 bridgehead atoms. The van der Waals surface area contributed by atoms with Crippen LogP contribution in [0.25, 0.3) is 0 Å². The Balaban J connectivity index is 1.71. The van der Waals surface area contributed by atoms with Crippen molar-refractivity contribution in [1.29, 1.82) is 0 Å². The van der Waals surface area contributed by atoms with E-state index in [1.165, 1.54) is 31.0 Å². The van der Waals surface area contributed by atoms with Crippen LogP contribution >= 0.6 is 0 Å². The molecule has 1 aromatic heterocycles. The molecule has 0 radical (unpaired) electrons. The fraction of sp³-hybridized carbons (Fsp3) is 0.667. The molecule has 2 heterocycles. The Morgan fingerprint density at radius 1 is 1.31 bits per heavy atom. The molecule has 8 nitrogen and oxygen atoms in total. The molecule has 1 aromatic rings. The van der Waals surface area contributed by atoms with E-state index < -0.39 is 36.8 Å². The lowest BCUT2D eigenvalue weighted by Gasteiger charge is -2.18. The van der Waals surface area contributed by atoms with Gasteiger partial charge in [0, 0.05) is 11.8 Å². The van der Waals surface area contributed by atoms with Crippen LogP contribution in [0.3, 0.4) is 0 Å². The Hall–Kier alpha value is -1.74. The summed E-state index contributed by atoms with van der Waals surface area (Å²) in [6, 6.07) is 0. The van der Waals surface area contributed by atoms with E-state index >= 15 is 0 Å². The van der Waals surface area contributed by atoms with Crippen LogP contribution in [0.15, 0.2) is 22.6 Å². The number of hydrogen-bond donors (Lipinski definition) is 3. The van der Waals surface area contributed by atoms with Gasteiger partial charge in [-0.2, -0.15) is 4.98 Å². The fourth-order valence-electron chi connectivity index (χ4n) is 3.44. The summed E-state index contributed by atoms with van der Waals surface area (Å²) < 4.78 is 12.1. The first-order chi connectivity index (χ1) is 12.5. The van der Waals surface area contributed by atoms with E-state index in [0.717, 1.165) is 17.4 Å². The highest BCUT2D eigenvalue weighted by Gasteiger charge is 2.43. The van der Waals surface area contributed by atoms with E-state index in [1.54, 1.807) is 6.92 Å². The van der Waals surface area contributed by atoms with Crippen molar-refractivity contribution in [2.45, 2.75) is 63.6 Å². The van der Waals surface area contributed by atoms with Crippen molar-refractivity contribution in [2.24, 2.45) is 0 Å². The molecule has 0 unspecified atom stereocenters. The zero-order chi connectivity index (χ0) is 18.7. The minimum absolute atomic E-state index is 0.241. The van der Waals surface area contributed by atoms with Gasteiger partial charge < -0.3 is 24.8 Å². The fourth-order valence-corrected chi connectivity index (χ4v) is 3.44. The molecule has 2 aliphatic rings.